The van der Waals surface area contributed by atoms with Crippen LogP contribution < -0.4 is 21.6 Å². The Kier molecular flexibility index (Phi) is 5.85. The lowest BCUT2D eigenvalue weighted by Crippen LogP contribution is -2.72. The number of hydrogen-bond acceptors (Lipinski definition) is 0. The molecule has 0 atom stereocenters. The molecule has 0 spiro atoms. The maximum absolute atomic E-state index is 18.0. The molecule has 3 aromatic rings. The molecule has 0 amide bonds. The number of hydrogen-bond donors (Lipinski definition) is 0. The van der Waals surface area contributed by atoms with E-state index in [2.05, 4.69) is 0 Å². The topological polar surface area (TPSA) is 0 Å². The van der Waals surface area contributed by atoms with E-state index in [1.54, 1.807) is 25.2 Å². The second kappa shape index (κ2) is 7.81. The summed E-state index contributed by atoms with van der Waals surface area (Å²) in [5, 5.41) is 0.547. The Morgan fingerprint density at radius 1 is 0.667 bits per heavy atom. The van der Waals surface area contributed by atoms with Crippen molar-refractivity contribution in [2.24, 2.45) is 0 Å². The van der Waals surface area contributed by atoms with Crippen LogP contribution in [0.5, 0.6) is 0 Å². The maximum atomic E-state index is 18.0. The number of aryl methyl sites for hydroxylation is 6. The molecule has 0 nitrogen and oxygen atoms in total. The number of rotatable bonds is 4. The standard InChI is InChI=1S/C26H32BF2Si/c1-17-13-19(3)25(20(4)14-17)27(28,26-21(5)15-18(2)16-22(26)6)23-11-9-10-12-24(23)30(7,8)29/h9-16H,1-8H3/q-1. The molecule has 0 unspecified atom stereocenters. The van der Waals surface area contributed by atoms with Crippen LogP contribution in [0.4, 0.5) is 8.42 Å². The minimum absolute atomic E-state index is 0.502. The Labute approximate surface area is 181 Å². The molecule has 0 bridgehead atoms. The first kappa shape index (κ1) is 22.5. The van der Waals surface area contributed by atoms with Gasteiger partial charge in [-0.15, -0.1) is 0 Å². The maximum Gasteiger partial charge on any atom is 0.268 e. The summed E-state index contributed by atoms with van der Waals surface area (Å²) in [4.78, 5) is 0. The lowest BCUT2D eigenvalue weighted by Gasteiger charge is -2.43. The van der Waals surface area contributed by atoms with Crippen molar-refractivity contribution in [3.05, 3.63) is 81.9 Å². The zero-order chi connectivity index (χ0) is 22.4. The predicted molar refractivity (Wildman–Crippen MR) is 132 cm³/mol. The van der Waals surface area contributed by atoms with Crippen LogP contribution >= 0.6 is 0 Å². The third-order valence-electron chi connectivity index (χ3n) is 6.30. The quantitative estimate of drug-likeness (QED) is 0.417. The first-order chi connectivity index (χ1) is 13.9. The zero-order valence-electron chi connectivity index (χ0n) is 19.5. The summed E-state index contributed by atoms with van der Waals surface area (Å²) in [7, 11) is -3.27. The van der Waals surface area contributed by atoms with Crippen LogP contribution in [0.1, 0.15) is 33.4 Å². The molecule has 0 aliphatic heterocycles. The van der Waals surface area contributed by atoms with Crippen LogP contribution in [0.2, 0.25) is 13.1 Å². The van der Waals surface area contributed by atoms with Gasteiger partial charge in [-0.3, -0.25) is 0 Å². The summed E-state index contributed by atoms with van der Waals surface area (Å²) in [6, 6.07) is 15.4. The zero-order valence-corrected chi connectivity index (χ0v) is 20.5. The van der Waals surface area contributed by atoms with E-state index in [9.17, 15) is 0 Å². The van der Waals surface area contributed by atoms with E-state index < -0.39 is 14.8 Å². The van der Waals surface area contributed by atoms with Crippen molar-refractivity contribution in [1.29, 1.82) is 0 Å². The molecule has 0 aliphatic carbocycles. The fourth-order valence-corrected chi connectivity index (χ4v) is 6.94. The lowest BCUT2D eigenvalue weighted by atomic mass is 9.29. The second-order valence-electron chi connectivity index (χ2n) is 9.44. The van der Waals surface area contributed by atoms with Gasteiger partial charge in [-0.05, 0) is 54.6 Å². The molecule has 0 saturated heterocycles. The summed E-state index contributed by atoms with van der Waals surface area (Å²) in [5.74, 6) is 0. The summed E-state index contributed by atoms with van der Waals surface area (Å²) in [6.45, 7) is 15.3. The molecule has 0 N–H and O–H groups in total. The summed E-state index contributed by atoms with van der Waals surface area (Å²) < 4.78 is 33.5. The SMILES string of the molecule is Cc1cc(C)c([B-](F)(c2ccccc2[Si](C)(C)F)c2c(C)cc(C)cc2C)c(C)c1. The van der Waals surface area contributed by atoms with Gasteiger partial charge in [0, 0.05) is 0 Å². The van der Waals surface area contributed by atoms with Gasteiger partial charge in [-0.25, -0.2) is 0 Å². The molecule has 0 saturated carbocycles. The molecular weight excluding hydrogens is 389 g/mol. The van der Waals surface area contributed by atoms with E-state index >= 15 is 8.42 Å². The van der Waals surface area contributed by atoms with Crippen molar-refractivity contribution in [2.45, 2.75) is 54.6 Å². The number of benzene rings is 3. The Morgan fingerprint density at radius 2 is 1.03 bits per heavy atom. The van der Waals surface area contributed by atoms with Gasteiger partial charge in [0.25, 0.3) is 8.41 Å². The van der Waals surface area contributed by atoms with Crippen molar-refractivity contribution in [3.63, 3.8) is 0 Å². The Balaban J connectivity index is 2.55. The van der Waals surface area contributed by atoms with Crippen LogP contribution in [0, 0.1) is 41.5 Å². The van der Waals surface area contributed by atoms with Crippen molar-refractivity contribution >= 4 is 36.4 Å². The minimum Gasteiger partial charge on any atom is -0.498 e. The highest BCUT2D eigenvalue weighted by atomic mass is 28.4. The average Bonchev–Trinajstić information content (AvgIpc) is 2.59. The van der Waals surface area contributed by atoms with Crippen molar-refractivity contribution in [1.82, 2.24) is 0 Å². The Morgan fingerprint density at radius 3 is 1.40 bits per heavy atom. The summed E-state index contributed by atoms with van der Waals surface area (Å²) in [6.07, 6.45) is -2.85. The summed E-state index contributed by atoms with van der Waals surface area (Å²) >= 11 is 0. The van der Waals surface area contributed by atoms with Gasteiger partial charge in [0.15, 0.2) is 0 Å². The highest BCUT2D eigenvalue weighted by Crippen LogP contribution is 2.20. The van der Waals surface area contributed by atoms with Gasteiger partial charge in [0.2, 0.25) is 6.42 Å². The van der Waals surface area contributed by atoms with E-state index in [4.69, 9.17) is 0 Å². The Bertz CT molecular complexity index is 1010. The largest absolute Gasteiger partial charge is 0.498 e. The normalized spacial score (nSPS) is 12.3. The first-order valence-corrected chi connectivity index (χ1v) is 13.5. The molecule has 0 radical (unpaired) electrons. The molecule has 158 valence electrons. The van der Waals surface area contributed by atoms with Crippen molar-refractivity contribution in [2.75, 3.05) is 0 Å². The smallest absolute Gasteiger partial charge is 0.268 e. The molecule has 0 aromatic heterocycles. The van der Waals surface area contributed by atoms with Crippen molar-refractivity contribution < 1.29 is 8.42 Å². The van der Waals surface area contributed by atoms with Gasteiger partial charge >= 0.3 is 0 Å². The van der Waals surface area contributed by atoms with Crippen LogP contribution in [0.25, 0.3) is 0 Å². The van der Waals surface area contributed by atoms with E-state index in [1.165, 1.54) is 0 Å². The minimum atomic E-state index is -3.27. The number of halogens is 2. The average molecular weight is 421 g/mol. The molecular formula is C26H32BF2Si-. The first-order valence-electron chi connectivity index (χ1n) is 10.7. The monoisotopic (exact) mass is 421 g/mol. The highest BCUT2D eigenvalue weighted by Gasteiger charge is 2.39. The van der Waals surface area contributed by atoms with Gasteiger partial charge in [0.1, 0.15) is 0 Å². The van der Waals surface area contributed by atoms with Gasteiger partial charge in [-0.1, -0.05) is 87.1 Å². The van der Waals surface area contributed by atoms with Crippen LogP contribution in [0.15, 0.2) is 48.5 Å². The van der Waals surface area contributed by atoms with Crippen LogP contribution in [-0.4, -0.2) is 14.8 Å². The van der Waals surface area contributed by atoms with Gasteiger partial charge in [0.05, 0.1) is 0 Å². The third-order valence-corrected chi connectivity index (χ3v) is 8.04. The predicted octanol–water partition coefficient (Wildman–Crippen LogP) is 4.86. The molecule has 0 heterocycles. The van der Waals surface area contributed by atoms with Gasteiger partial charge < -0.3 is 8.42 Å². The van der Waals surface area contributed by atoms with E-state index in [0.717, 1.165) is 33.4 Å². The van der Waals surface area contributed by atoms with Crippen LogP contribution in [0.3, 0.4) is 0 Å². The molecule has 0 fully saturated rings. The summed E-state index contributed by atoms with van der Waals surface area (Å²) in [5.41, 5.74) is 7.79. The molecule has 3 aromatic carbocycles. The fourth-order valence-electron chi connectivity index (χ4n) is 5.48. The molecule has 30 heavy (non-hydrogen) atoms. The third kappa shape index (κ3) is 3.78. The van der Waals surface area contributed by atoms with E-state index in [-0.39, 0.29) is 0 Å². The van der Waals surface area contributed by atoms with Crippen molar-refractivity contribution in [3.8, 4) is 0 Å². The van der Waals surface area contributed by atoms with Crippen LogP contribution in [-0.2, 0) is 0 Å². The van der Waals surface area contributed by atoms with Gasteiger partial charge in [-0.2, -0.15) is 16.4 Å². The van der Waals surface area contributed by atoms with E-state index in [0.29, 0.717) is 21.6 Å². The molecule has 4 heteroatoms. The molecule has 3 rings (SSSR count). The fraction of sp³-hybridized carbons (Fsp3) is 0.308. The van der Waals surface area contributed by atoms with E-state index in [1.807, 2.05) is 77.9 Å². The lowest BCUT2D eigenvalue weighted by molar-refractivity contribution is 0.819. The second-order valence-corrected chi connectivity index (χ2v) is 12.9. The highest BCUT2D eigenvalue weighted by molar-refractivity contribution is 7.10. The molecule has 0 aliphatic rings. The Hall–Kier alpha value is -2.20.